The summed E-state index contributed by atoms with van der Waals surface area (Å²) in [7, 11) is 0. The minimum Gasteiger partial charge on any atom is -0.394 e. The van der Waals surface area contributed by atoms with Crippen LogP contribution in [0.15, 0.2) is 0 Å². The number of nitrogens with two attached hydrogens (primary N) is 1. The molecule has 0 spiro atoms. The van der Waals surface area contributed by atoms with E-state index in [1.165, 1.54) is 0 Å². The monoisotopic (exact) mass is 280 g/mol. The predicted molar refractivity (Wildman–Crippen MR) is 61.4 cm³/mol. The summed E-state index contributed by atoms with van der Waals surface area (Å²) in [5.41, 5.74) is 2.68. The van der Waals surface area contributed by atoms with Crippen molar-refractivity contribution in [3.63, 3.8) is 0 Å². The van der Waals surface area contributed by atoms with E-state index in [2.05, 4.69) is 0 Å². The van der Waals surface area contributed by atoms with E-state index >= 15 is 0 Å². The summed E-state index contributed by atoms with van der Waals surface area (Å²) in [6.45, 7) is -0.394. The minimum absolute atomic E-state index is 0.0161. The average Bonchev–Trinajstić information content (AvgIpc) is 2.38. The van der Waals surface area contributed by atoms with Gasteiger partial charge in [-0.1, -0.05) is 0 Å². The number of amides is 1. The quantitative estimate of drug-likeness (QED) is 0.250. The van der Waals surface area contributed by atoms with Gasteiger partial charge in [-0.3, -0.25) is 4.79 Å². The van der Waals surface area contributed by atoms with Gasteiger partial charge in [-0.15, -0.1) is 0 Å². The molecule has 0 aromatic heterocycles. The lowest BCUT2D eigenvalue weighted by Gasteiger charge is -2.45. The Labute approximate surface area is 109 Å². The highest BCUT2D eigenvalue weighted by Gasteiger charge is 2.55. The Morgan fingerprint density at radius 3 is 2.53 bits per heavy atom. The molecule has 1 fully saturated rings. The van der Waals surface area contributed by atoms with Crippen LogP contribution in [0.5, 0.6) is 0 Å². The number of aliphatic hydroxyl groups is 5. The maximum Gasteiger partial charge on any atom is 0.222 e. The van der Waals surface area contributed by atoms with Crippen LogP contribution in [0.4, 0.5) is 0 Å². The van der Waals surface area contributed by atoms with Crippen molar-refractivity contribution in [3.05, 3.63) is 0 Å². The van der Waals surface area contributed by atoms with Crippen LogP contribution in [-0.2, 0) is 9.53 Å². The first-order chi connectivity index (χ1) is 8.86. The fourth-order valence-corrected chi connectivity index (χ4v) is 1.79. The Bertz CT molecular complexity index is 316. The van der Waals surface area contributed by atoms with Gasteiger partial charge in [-0.25, -0.2) is 0 Å². The van der Waals surface area contributed by atoms with Crippen molar-refractivity contribution < 1.29 is 35.1 Å². The molecular formula is C10H20N2O7. The summed E-state index contributed by atoms with van der Waals surface area (Å²) in [5.74, 6) is -0.663. The van der Waals surface area contributed by atoms with Crippen molar-refractivity contribution in [2.24, 2.45) is 5.73 Å². The fraction of sp³-hybridized carbons (Fsp3) is 0.900. The van der Waals surface area contributed by atoms with Gasteiger partial charge in [0.1, 0.15) is 18.3 Å². The molecule has 9 heteroatoms. The van der Waals surface area contributed by atoms with Gasteiger partial charge < -0.3 is 41.3 Å². The van der Waals surface area contributed by atoms with Gasteiger partial charge in [0, 0.05) is 6.42 Å². The van der Waals surface area contributed by atoms with E-state index in [9.17, 15) is 25.2 Å². The van der Waals surface area contributed by atoms with Crippen LogP contribution < -0.4 is 11.1 Å². The predicted octanol–water partition coefficient (Wildman–Crippen LogP) is -4.04. The molecule has 1 amide bonds. The Kier molecular flexibility index (Phi) is 5.62. The van der Waals surface area contributed by atoms with Crippen molar-refractivity contribution in [3.8, 4) is 0 Å². The van der Waals surface area contributed by atoms with Gasteiger partial charge in [-0.05, 0) is 13.0 Å². The van der Waals surface area contributed by atoms with Crippen molar-refractivity contribution in [1.29, 1.82) is 0 Å². The second-order valence-electron chi connectivity index (χ2n) is 4.41. The molecule has 0 aliphatic carbocycles. The van der Waals surface area contributed by atoms with Gasteiger partial charge in [0.25, 0.3) is 0 Å². The minimum atomic E-state index is -2.54. The number of ether oxygens (including phenoxy) is 1. The van der Waals surface area contributed by atoms with Crippen molar-refractivity contribution in [2.75, 3.05) is 13.2 Å². The van der Waals surface area contributed by atoms with Crippen LogP contribution in [-0.4, -0.2) is 74.9 Å². The van der Waals surface area contributed by atoms with Crippen LogP contribution in [0, 0.1) is 0 Å². The number of rotatable bonds is 5. The SMILES string of the molecule is NCCCC(=O)N[C@]1(O)C(O)O[C@H](CO)[C@@H](O)[C@@H]1O. The average molecular weight is 280 g/mol. The van der Waals surface area contributed by atoms with E-state index in [1.54, 1.807) is 0 Å². The number of hydrogen-bond donors (Lipinski definition) is 7. The smallest absolute Gasteiger partial charge is 0.222 e. The summed E-state index contributed by atoms with van der Waals surface area (Å²) in [6, 6.07) is 0. The molecule has 0 aromatic rings. The summed E-state index contributed by atoms with van der Waals surface area (Å²) in [6.07, 6.45) is -6.46. The van der Waals surface area contributed by atoms with E-state index in [4.69, 9.17) is 15.6 Å². The lowest BCUT2D eigenvalue weighted by Crippen LogP contribution is -2.73. The molecule has 19 heavy (non-hydrogen) atoms. The van der Waals surface area contributed by atoms with Crippen molar-refractivity contribution in [2.45, 2.75) is 43.2 Å². The molecular weight excluding hydrogens is 260 g/mol. The molecule has 0 aromatic carbocycles. The summed E-state index contributed by atoms with van der Waals surface area (Å²) in [4.78, 5) is 11.5. The molecule has 112 valence electrons. The zero-order valence-corrected chi connectivity index (χ0v) is 10.3. The molecule has 0 radical (unpaired) electrons. The highest BCUT2D eigenvalue weighted by atomic mass is 16.6. The maximum absolute atomic E-state index is 11.5. The Balaban J connectivity index is 2.75. The van der Waals surface area contributed by atoms with Crippen molar-refractivity contribution >= 4 is 5.91 Å². The standard InChI is InChI=1S/C10H20N2O7/c11-3-1-2-6(14)12-10(18)8(16)7(15)5(4-13)19-9(10)17/h5,7-9,13,15-18H,1-4,11H2,(H,12,14)/t5-,7-,8+,9?,10-/m1/s1. The largest absolute Gasteiger partial charge is 0.394 e. The first-order valence-electron chi connectivity index (χ1n) is 5.90. The number of carbonyl (C=O) groups is 1. The second-order valence-corrected chi connectivity index (χ2v) is 4.41. The van der Waals surface area contributed by atoms with Crippen LogP contribution in [0.3, 0.4) is 0 Å². The topological polar surface area (TPSA) is 166 Å². The molecule has 1 aliphatic rings. The first kappa shape index (κ1) is 16.2. The number of aliphatic hydroxyl groups excluding tert-OH is 4. The van der Waals surface area contributed by atoms with Gasteiger partial charge in [0.05, 0.1) is 6.61 Å². The third-order valence-corrected chi connectivity index (χ3v) is 2.96. The Morgan fingerprint density at radius 1 is 1.37 bits per heavy atom. The van der Waals surface area contributed by atoms with Crippen LogP contribution in [0.25, 0.3) is 0 Å². The second kappa shape index (κ2) is 6.57. The first-order valence-corrected chi connectivity index (χ1v) is 5.90. The van der Waals surface area contributed by atoms with Crippen LogP contribution in [0.1, 0.15) is 12.8 Å². The fourth-order valence-electron chi connectivity index (χ4n) is 1.79. The number of hydrogen-bond acceptors (Lipinski definition) is 8. The molecule has 9 nitrogen and oxygen atoms in total. The van der Waals surface area contributed by atoms with Gasteiger partial charge >= 0.3 is 0 Å². The van der Waals surface area contributed by atoms with E-state index < -0.39 is 42.8 Å². The molecule has 1 aliphatic heterocycles. The highest BCUT2D eigenvalue weighted by Crippen LogP contribution is 2.26. The Hall–Kier alpha value is -0.810. The maximum atomic E-state index is 11.5. The van der Waals surface area contributed by atoms with E-state index in [0.717, 1.165) is 0 Å². The number of nitrogens with one attached hydrogen (secondary N) is 1. The molecule has 1 heterocycles. The molecule has 1 rings (SSSR count). The van der Waals surface area contributed by atoms with E-state index in [-0.39, 0.29) is 13.0 Å². The summed E-state index contributed by atoms with van der Waals surface area (Å²) < 4.78 is 4.75. The zero-order valence-electron chi connectivity index (χ0n) is 10.3. The van der Waals surface area contributed by atoms with Gasteiger partial charge in [-0.2, -0.15) is 0 Å². The zero-order chi connectivity index (χ0) is 14.6. The van der Waals surface area contributed by atoms with Gasteiger partial charge in [0.15, 0.2) is 0 Å². The lowest BCUT2D eigenvalue weighted by molar-refractivity contribution is -0.336. The third-order valence-electron chi connectivity index (χ3n) is 2.96. The molecule has 0 bridgehead atoms. The van der Waals surface area contributed by atoms with E-state index in [1.807, 2.05) is 5.32 Å². The van der Waals surface area contributed by atoms with Crippen LogP contribution in [0.2, 0.25) is 0 Å². The normalized spacial score (nSPS) is 39.1. The lowest BCUT2D eigenvalue weighted by atomic mass is 9.93. The summed E-state index contributed by atoms with van der Waals surface area (Å²) >= 11 is 0. The number of carbonyl (C=O) groups excluding carboxylic acids is 1. The molecule has 5 atom stereocenters. The molecule has 1 unspecified atom stereocenters. The highest BCUT2D eigenvalue weighted by molar-refractivity contribution is 5.76. The Morgan fingerprint density at radius 2 is 2.00 bits per heavy atom. The van der Waals surface area contributed by atoms with Crippen LogP contribution >= 0.6 is 0 Å². The molecule has 8 N–H and O–H groups in total. The summed E-state index contributed by atoms with van der Waals surface area (Å²) in [5, 5.41) is 49.9. The van der Waals surface area contributed by atoms with Gasteiger partial charge in [0.2, 0.25) is 17.9 Å². The third kappa shape index (κ3) is 3.39. The van der Waals surface area contributed by atoms with Crippen molar-refractivity contribution in [1.82, 2.24) is 5.32 Å². The van der Waals surface area contributed by atoms with E-state index in [0.29, 0.717) is 6.42 Å². The molecule has 1 saturated heterocycles. The molecule has 0 saturated carbocycles.